The van der Waals surface area contributed by atoms with Crippen molar-refractivity contribution in [1.29, 1.82) is 0 Å². The SMILES string of the molecule is Cc1ccc(CN2C[C@@H](C(=O)N(C)CC(=O)Nc3c(C)cccc3C)CC2=O)cc1. The second-order valence-corrected chi connectivity index (χ2v) is 8.17. The molecule has 0 bridgehead atoms. The maximum absolute atomic E-state index is 12.8. The largest absolute Gasteiger partial charge is 0.338 e. The molecule has 0 aromatic heterocycles. The van der Waals surface area contributed by atoms with Gasteiger partial charge in [0.1, 0.15) is 0 Å². The Morgan fingerprint density at radius 2 is 1.70 bits per heavy atom. The normalized spacial score (nSPS) is 15.9. The summed E-state index contributed by atoms with van der Waals surface area (Å²) in [6.45, 7) is 6.73. The Kier molecular flexibility index (Phi) is 6.55. The second kappa shape index (κ2) is 9.11. The van der Waals surface area contributed by atoms with E-state index in [0.717, 1.165) is 22.4 Å². The van der Waals surface area contributed by atoms with Crippen LogP contribution in [0.1, 0.15) is 28.7 Å². The zero-order chi connectivity index (χ0) is 21.8. The summed E-state index contributed by atoms with van der Waals surface area (Å²) in [7, 11) is 1.61. The molecule has 1 fully saturated rings. The smallest absolute Gasteiger partial charge is 0.243 e. The third kappa shape index (κ3) is 5.06. The lowest BCUT2D eigenvalue weighted by atomic mass is 10.1. The van der Waals surface area contributed by atoms with Crippen LogP contribution in [-0.4, -0.2) is 47.7 Å². The van der Waals surface area contributed by atoms with Crippen LogP contribution in [0, 0.1) is 26.7 Å². The summed E-state index contributed by atoms with van der Waals surface area (Å²) in [5.74, 6) is -0.862. The number of para-hydroxylation sites is 1. The monoisotopic (exact) mass is 407 g/mol. The first kappa shape index (κ1) is 21.6. The molecule has 0 saturated carbocycles. The van der Waals surface area contributed by atoms with E-state index in [4.69, 9.17) is 0 Å². The number of likely N-dealkylation sites (tertiary alicyclic amines) is 1. The molecule has 2 aromatic rings. The number of anilines is 1. The van der Waals surface area contributed by atoms with Gasteiger partial charge in [0.25, 0.3) is 0 Å². The Hall–Kier alpha value is -3.15. The van der Waals surface area contributed by atoms with Gasteiger partial charge in [-0.25, -0.2) is 0 Å². The molecule has 6 nitrogen and oxygen atoms in total. The molecule has 1 aliphatic heterocycles. The van der Waals surface area contributed by atoms with E-state index < -0.39 is 5.92 Å². The predicted molar refractivity (Wildman–Crippen MR) is 117 cm³/mol. The fourth-order valence-corrected chi connectivity index (χ4v) is 3.80. The highest BCUT2D eigenvalue weighted by Gasteiger charge is 2.36. The van der Waals surface area contributed by atoms with Crippen molar-refractivity contribution in [2.24, 2.45) is 5.92 Å². The highest BCUT2D eigenvalue weighted by atomic mass is 16.2. The van der Waals surface area contributed by atoms with Crippen LogP contribution >= 0.6 is 0 Å². The maximum atomic E-state index is 12.8. The topological polar surface area (TPSA) is 69.7 Å². The van der Waals surface area contributed by atoms with Crippen LogP contribution in [0.25, 0.3) is 0 Å². The fourth-order valence-electron chi connectivity index (χ4n) is 3.80. The van der Waals surface area contributed by atoms with Crippen molar-refractivity contribution in [3.63, 3.8) is 0 Å². The van der Waals surface area contributed by atoms with Crippen LogP contribution in [0.5, 0.6) is 0 Å². The number of nitrogens with zero attached hydrogens (tertiary/aromatic N) is 2. The first-order valence-electron chi connectivity index (χ1n) is 10.2. The van der Waals surface area contributed by atoms with Crippen LogP contribution in [0.15, 0.2) is 42.5 Å². The third-order valence-electron chi connectivity index (χ3n) is 5.56. The molecule has 2 aromatic carbocycles. The Bertz CT molecular complexity index is 932. The van der Waals surface area contributed by atoms with Gasteiger partial charge in [-0.05, 0) is 37.5 Å². The highest BCUT2D eigenvalue weighted by molar-refractivity contribution is 5.97. The van der Waals surface area contributed by atoms with Gasteiger partial charge in [-0.1, -0.05) is 48.0 Å². The van der Waals surface area contributed by atoms with Gasteiger partial charge >= 0.3 is 0 Å². The Labute approximate surface area is 177 Å². The molecule has 0 unspecified atom stereocenters. The van der Waals surface area contributed by atoms with E-state index in [1.54, 1.807) is 11.9 Å². The Morgan fingerprint density at radius 1 is 1.07 bits per heavy atom. The number of likely N-dealkylation sites (N-methyl/N-ethyl adjacent to an activating group) is 1. The quantitative estimate of drug-likeness (QED) is 0.800. The lowest BCUT2D eigenvalue weighted by Gasteiger charge is -2.21. The van der Waals surface area contributed by atoms with Gasteiger partial charge in [0, 0.05) is 32.2 Å². The van der Waals surface area contributed by atoms with Crippen LogP contribution in [-0.2, 0) is 20.9 Å². The van der Waals surface area contributed by atoms with Gasteiger partial charge in [-0.2, -0.15) is 0 Å². The summed E-state index contributed by atoms with van der Waals surface area (Å²) >= 11 is 0. The fraction of sp³-hybridized carbons (Fsp3) is 0.375. The Balaban J connectivity index is 1.56. The van der Waals surface area contributed by atoms with Crippen molar-refractivity contribution >= 4 is 23.4 Å². The molecule has 0 spiro atoms. The average Bonchev–Trinajstić information content (AvgIpc) is 3.06. The van der Waals surface area contributed by atoms with E-state index in [9.17, 15) is 14.4 Å². The van der Waals surface area contributed by atoms with Gasteiger partial charge in [-0.3, -0.25) is 14.4 Å². The third-order valence-corrected chi connectivity index (χ3v) is 5.56. The second-order valence-electron chi connectivity index (χ2n) is 8.17. The maximum Gasteiger partial charge on any atom is 0.243 e. The van der Waals surface area contributed by atoms with E-state index >= 15 is 0 Å². The summed E-state index contributed by atoms with van der Waals surface area (Å²) in [5, 5.41) is 2.90. The molecule has 3 amide bonds. The van der Waals surface area contributed by atoms with Crippen molar-refractivity contribution in [2.75, 3.05) is 25.5 Å². The Morgan fingerprint density at radius 3 is 2.33 bits per heavy atom. The zero-order valence-electron chi connectivity index (χ0n) is 18.1. The minimum atomic E-state index is -0.416. The number of hydrogen-bond acceptors (Lipinski definition) is 3. The molecule has 1 saturated heterocycles. The number of hydrogen-bond donors (Lipinski definition) is 1. The number of aryl methyl sites for hydroxylation is 3. The van der Waals surface area contributed by atoms with Gasteiger partial charge in [0.2, 0.25) is 17.7 Å². The summed E-state index contributed by atoms with van der Waals surface area (Å²) in [5.41, 5.74) is 4.95. The van der Waals surface area contributed by atoms with Crippen molar-refractivity contribution in [2.45, 2.75) is 33.7 Å². The van der Waals surface area contributed by atoms with E-state index in [1.807, 2.05) is 63.2 Å². The minimum Gasteiger partial charge on any atom is -0.338 e. The molecule has 30 heavy (non-hydrogen) atoms. The molecule has 1 N–H and O–H groups in total. The first-order chi connectivity index (χ1) is 14.2. The molecule has 1 atom stereocenters. The average molecular weight is 408 g/mol. The van der Waals surface area contributed by atoms with Crippen LogP contribution in [0.3, 0.4) is 0 Å². The van der Waals surface area contributed by atoms with E-state index in [1.165, 1.54) is 10.5 Å². The molecule has 6 heteroatoms. The van der Waals surface area contributed by atoms with Crippen LogP contribution in [0.2, 0.25) is 0 Å². The number of nitrogens with one attached hydrogen (secondary N) is 1. The molecule has 1 aliphatic rings. The van der Waals surface area contributed by atoms with Crippen LogP contribution in [0.4, 0.5) is 5.69 Å². The molecule has 158 valence electrons. The first-order valence-corrected chi connectivity index (χ1v) is 10.2. The lowest BCUT2D eigenvalue weighted by Crippen LogP contribution is -2.39. The lowest BCUT2D eigenvalue weighted by molar-refractivity contribution is -0.137. The summed E-state index contributed by atoms with van der Waals surface area (Å²) in [6.07, 6.45) is 0.188. The van der Waals surface area contributed by atoms with Crippen molar-refractivity contribution in [3.8, 4) is 0 Å². The standard InChI is InChI=1S/C24H29N3O3/c1-16-8-10-19(11-9-16)13-27-14-20(12-22(27)29)24(30)26(4)15-21(28)25-23-17(2)6-5-7-18(23)3/h5-11,20H,12-15H2,1-4H3,(H,25,28)/t20-/m0/s1. The summed E-state index contributed by atoms with van der Waals surface area (Å²) in [6, 6.07) is 13.8. The predicted octanol–water partition coefficient (Wildman–Crippen LogP) is 3.06. The van der Waals surface area contributed by atoms with Gasteiger partial charge in [0.15, 0.2) is 0 Å². The molecule has 0 radical (unpaired) electrons. The van der Waals surface area contributed by atoms with Gasteiger partial charge < -0.3 is 15.1 Å². The van der Waals surface area contributed by atoms with E-state index in [-0.39, 0.29) is 30.7 Å². The molecule has 3 rings (SSSR count). The molecule has 0 aliphatic carbocycles. The summed E-state index contributed by atoms with van der Waals surface area (Å²) in [4.78, 5) is 40.8. The van der Waals surface area contributed by atoms with Crippen molar-refractivity contribution in [3.05, 3.63) is 64.7 Å². The molecular formula is C24H29N3O3. The van der Waals surface area contributed by atoms with Crippen LogP contribution < -0.4 is 5.32 Å². The molecule has 1 heterocycles. The molecular weight excluding hydrogens is 378 g/mol. The van der Waals surface area contributed by atoms with E-state index in [0.29, 0.717) is 13.1 Å². The van der Waals surface area contributed by atoms with Gasteiger partial charge in [-0.15, -0.1) is 0 Å². The summed E-state index contributed by atoms with van der Waals surface area (Å²) < 4.78 is 0. The zero-order valence-corrected chi connectivity index (χ0v) is 18.1. The van der Waals surface area contributed by atoms with Crippen molar-refractivity contribution < 1.29 is 14.4 Å². The van der Waals surface area contributed by atoms with Crippen molar-refractivity contribution in [1.82, 2.24) is 9.80 Å². The number of carbonyl (C=O) groups is 3. The number of benzene rings is 2. The van der Waals surface area contributed by atoms with E-state index in [2.05, 4.69) is 5.32 Å². The minimum absolute atomic E-state index is 0.0256. The number of amides is 3. The number of rotatable bonds is 6. The number of carbonyl (C=O) groups excluding carboxylic acids is 3. The highest BCUT2D eigenvalue weighted by Crippen LogP contribution is 2.23. The van der Waals surface area contributed by atoms with Gasteiger partial charge in [0.05, 0.1) is 12.5 Å².